The summed E-state index contributed by atoms with van der Waals surface area (Å²) in [5, 5.41) is 3.17. The van der Waals surface area contributed by atoms with E-state index in [-0.39, 0.29) is 4.90 Å². The Morgan fingerprint density at radius 3 is 2.70 bits per heavy atom. The molecule has 0 saturated carbocycles. The number of benzene rings is 1. The number of rotatable bonds is 5. The minimum Gasteiger partial charge on any atom is -0.379 e. The van der Waals surface area contributed by atoms with Crippen molar-refractivity contribution in [3.63, 3.8) is 0 Å². The summed E-state index contributed by atoms with van der Waals surface area (Å²) in [6.07, 6.45) is 1.75. The van der Waals surface area contributed by atoms with Crippen LogP contribution in [0.5, 0.6) is 0 Å². The molecule has 108 valence electrons. The summed E-state index contributed by atoms with van der Waals surface area (Å²) in [5.74, 6) is 0.853. The summed E-state index contributed by atoms with van der Waals surface area (Å²) in [6.45, 7) is 2.44. The average Bonchev–Trinajstić information content (AvgIpc) is 2.82. The number of aryl methyl sites for hydroxylation is 1. The Morgan fingerprint density at radius 1 is 1.35 bits per heavy atom. The number of aromatic amines is 1. The van der Waals surface area contributed by atoms with Crippen molar-refractivity contribution >= 4 is 15.7 Å². The number of H-pyrrole nitrogens is 1. The molecule has 0 bridgehead atoms. The molecule has 0 unspecified atom stereocenters. The van der Waals surface area contributed by atoms with Crippen molar-refractivity contribution in [2.24, 2.45) is 0 Å². The maximum absolute atomic E-state index is 12.0. The number of nitrogens with one attached hydrogen (secondary N) is 2. The fourth-order valence-electron chi connectivity index (χ4n) is 1.74. The van der Waals surface area contributed by atoms with Gasteiger partial charge in [0, 0.05) is 19.8 Å². The summed E-state index contributed by atoms with van der Waals surface area (Å²) in [4.78, 5) is 7.49. The molecule has 0 atom stereocenters. The zero-order chi connectivity index (χ0) is 14.8. The molecule has 0 spiro atoms. The number of nitrogens with zero attached hydrogens (tertiary/aromatic N) is 2. The van der Waals surface area contributed by atoms with E-state index in [1.807, 2.05) is 13.0 Å². The van der Waals surface area contributed by atoms with Crippen LogP contribution in [0, 0.1) is 6.92 Å². The van der Waals surface area contributed by atoms with Gasteiger partial charge >= 0.3 is 0 Å². The summed E-state index contributed by atoms with van der Waals surface area (Å²) in [7, 11) is -0.372. The zero-order valence-corrected chi connectivity index (χ0v) is 12.5. The van der Waals surface area contributed by atoms with E-state index < -0.39 is 10.0 Å². The maximum Gasteiger partial charge on any atom is 0.242 e. The van der Waals surface area contributed by atoms with Crippen LogP contribution in [0.1, 0.15) is 11.5 Å². The highest BCUT2D eigenvalue weighted by Crippen LogP contribution is 2.18. The first-order valence-corrected chi connectivity index (χ1v) is 7.60. The highest BCUT2D eigenvalue weighted by molar-refractivity contribution is 7.89. The predicted molar refractivity (Wildman–Crippen MR) is 78.0 cm³/mol. The molecule has 0 aliphatic heterocycles. The van der Waals surface area contributed by atoms with Crippen molar-refractivity contribution in [2.75, 3.05) is 19.4 Å². The van der Waals surface area contributed by atoms with E-state index in [9.17, 15) is 8.42 Å². The molecular weight excluding hydrogens is 276 g/mol. The van der Waals surface area contributed by atoms with Crippen molar-refractivity contribution in [3.8, 4) is 0 Å². The second kappa shape index (κ2) is 5.64. The summed E-state index contributed by atoms with van der Waals surface area (Å²) in [6, 6.07) is 6.76. The second-order valence-electron chi connectivity index (χ2n) is 4.66. The van der Waals surface area contributed by atoms with E-state index in [1.54, 1.807) is 24.4 Å². The lowest BCUT2D eigenvalue weighted by Gasteiger charge is -2.12. The molecule has 0 saturated heterocycles. The number of hydrogen-bond donors (Lipinski definition) is 2. The molecule has 0 aliphatic rings. The van der Waals surface area contributed by atoms with Gasteiger partial charge in [-0.15, -0.1) is 0 Å². The van der Waals surface area contributed by atoms with Crippen molar-refractivity contribution in [2.45, 2.75) is 18.4 Å². The SMILES string of the molecule is Cc1ncc(CNc2cccc(S(=O)(=O)N(C)C)c2)[nH]1. The summed E-state index contributed by atoms with van der Waals surface area (Å²) < 4.78 is 25.3. The van der Waals surface area contributed by atoms with Gasteiger partial charge in [0.1, 0.15) is 5.82 Å². The van der Waals surface area contributed by atoms with Crippen molar-refractivity contribution in [3.05, 3.63) is 42.0 Å². The van der Waals surface area contributed by atoms with E-state index in [0.29, 0.717) is 6.54 Å². The quantitative estimate of drug-likeness (QED) is 0.877. The van der Waals surface area contributed by atoms with Gasteiger partial charge in [0.25, 0.3) is 0 Å². The van der Waals surface area contributed by atoms with Gasteiger partial charge in [0.2, 0.25) is 10.0 Å². The van der Waals surface area contributed by atoms with Crippen LogP contribution < -0.4 is 5.32 Å². The topological polar surface area (TPSA) is 78.1 Å². The largest absolute Gasteiger partial charge is 0.379 e. The molecule has 1 aromatic carbocycles. The third kappa shape index (κ3) is 3.17. The van der Waals surface area contributed by atoms with Gasteiger partial charge in [-0.3, -0.25) is 0 Å². The maximum atomic E-state index is 12.0. The number of imidazole rings is 1. The van der Waals surface area contributed by atoms with E-state index >= 15 is 0 Å². The lowest BCUT2D eigenvalue weighted by Crippen LogP contribution is -2.22. The van der Waals surface area contributed by atoms with Crippen molar-refractivity contribution in [1.29, 1.82) is 0 Å². The smallest absolute Gasteiger partial charge is 0.242 e. The summed E-state index contributed by atoms with van der Waals surface area (Å²) >= 11 is 0. The van der Waals surface area contributed by atoms with Gasteiger partial charge in [-0.2, -0.15) is 0 Å². The van der Waals surface area contributed by atoms with Gasteiger partial charge in [0.15, 0.2) is 0 Å². The van der Waals surface area contributed by atoms with E-state index in [2.05, 4.69) is 15.3 Å². The van der Waals surface area contributed by atoms with Crippen LogP contribution >= 0.6 is 0 Å². The minimum absolute atomic E-state index is 0.272. The minimum atomic E-state index is -3.41. The number of anilines is 1. The Hall–Kier alpha value is -1.86. The van der Waals surface area contributed by atoms with Crippen molar-refractivity contribution in [1.82, 2.24) is 14.3 Å². The van der Waals surface area contributed by atoms with Gasteiger partial charge in [0.05, 0.1) is 23.3 Å². The molecule has 2 N–H and O–H groups in total. The van der Waals surface area contributed by atoms with Crippen molar-refractivity contribution < 1.29 is 8.42 Å². The van der Waals surface area contributed by atoms with Crippen LogP contribution in [-0.4, -0.2) is 36.8 Å². The first-order valence-electron chi connectivity index (χ1n) is 6.16. The van der Waals surface area contributed by atoms with Gasteiger partial charge < -0.3 is 10.3 Å². The molecule has 7 heteroatoms. The fraction of sp³-hybridized carbons (Fsp3) is 0.308. The second-order valence-corrected chi connectivity index (χ2v) is 6.81. The highest BCUT2D eigenvalue weighted by atomic mass is 32.2. The van der Waals surface area contributed by atoms with E-state index in [1.165, 1.54) is 18.4 Å². The van der Waals surface area contributed by atoms with Crippen LogP contribution in [0.4, 0.5) is 5.69 Å². The lowest BCUT2D eigenvalue weighted by molar-refractivity contribution is 0.521. The van der Waals surface area contributed by atoms with Crippen LogP contribution in [0.15, 0.2) is 35.4 Å². The number of sulfonamides is 1. The highest BCUT2D eigenvalue weighted by Gasteiger charge is 2.17. The Morgan fingerprint density at radius 2 is 2.10 bits per heavy atom. The standard InChI is InChI=1S/C13H18N4O2S/c1-10-14-8-12(16-10)9-15-11-5-4-6-13(7-11)20(18,19)17(2)3/h4-8,15H,9H2,1-3H3,(H,14,16). The van der Waals surface area contributed by atoms with Crippen LogP contribution in [0.3, 0.4) is 0 Å². The van der Waals surface area contributed by atoms with Gasteiger partial charge in [-0.05, 0) is 25.1 Å². The molecule has 0 fully saturated rings. The first kappa shape index (κ1) is 14.5. The van der Waals surface area contributed by atoms with E-state index in [4.69, 9.17) is 0 Å². The Kier molecular flexibility index (Phi) is 4.10. The Labute approximate surface area is 118 Å². The molecule has 2 aromatic rings. The molecule has 1 heterocycles. The normalized spacial score (nSPS) is 11.8. The third-order valence-corrected chi connectivity index (χ3v) is 4.66. The monoisotopic (exact) mass is 294 g/mol. The van der Waals surface area contributed by atoms with Crippen LogP contribution in [0.2, 0.25) is 0 Å². The van der Waals surface area contributed by atoms with Crippen LogP contribution in [-0.2, 0) is 16.6 Å². The lowest BCUT2D eigenvalue weighted by atomic mass is 10.3. The molecule has 0 amide bonds. The molecular formula is C13H18N4O2S. The average molecular weight is 294 g/mol. The summed E-state index contributed by atoms with van der Waals surface area (Å²) in [5.41, 5.74) is 1.70. The molecule has 0 aliphatic carbocycles. The predicted octanol–water partition coefficient (Wildman–Crippen LogP) is 1.58. The Bertz CT molecular complexity index is 692. The molecule has 0 radical (unpaired) electrons. The number of aromatic nitrogens is 2. The molecule has 20 heavy (non-hydrogen) atoms. The zero-order valence-electron chi connectivity index (χ0n) is 11.7. The van der Waals surface area contributed by atoms with Gasteiger partial charge in [-0.1, -0.05) is 6.07 Å². The van der Waals surface area contributed by atoms with E-state index in [0.717, 1.165) is 17.2 Å². The van der Waals surface area contributed by atoms with Crippen LogP contribution in [0.25, 0.3) is 0 Å². The molecule has 6 nitrogen and oxygen atoms in total. The fourth-order valence-corrected chi connectivity index (χ4v) is 2.68. The Balaban J connectivity index is 2.14. The molecule has 2 rings (SSSR count). The molecule has 1 aromatic heterocycles. The third-order valence-electron chi connectivity index (χ3n) is 2.85. The van der Waals surface area contributed by atoms with Gasteiger partial charge in [-0.25, -0.2) is 17.7 Å². The number of hydrogen-bond acceptors (Lipinski definition) is 4. The first-order chi connectivity index (χ1) is 9.39.